The van der Waals surface area contributed by atoms with Crippen LogP contribution in [0.1, 0.15) is 26.7 Å². The van der Waals surface area contributed by atoms with Crippen molar-refractivity contribution in [2.75, 3.05) is 26.2 Å². The summed E-state index contributed by atoms with van der Waals surface area (Å²) >= 11 is 0. The van der Waals surface area contributed by atoms with Crippen LogP contribution in [0, 0.1) is 0 Å². The minimum atomic E-state index is -0.135. The van der Waals surface area contributed by atoms with Crippen molar-refractivity contribution in [2.45, 2.75) is 38.8 Å². The molecule has 0 aromatic heterocycles. The number of aliphatic hydroxyl groups is 1. The summed E-state index contributed by atoms with van der Waals surface area (Å²) in [6, 6.07) is 0.508. The van der Waals surface area contributed by atoms with Crippen molar-refractivity contribution in [1.29, 1.82) is 0 Å². The summed E-state index contributed by atoms with van der Waals surface area (Å²) in [5.74, 6) is 0. The van der Waals surface area contributed by atoms with E-state index in [0.29, 0.717) is 6.04 Å². The van der Waals surface area contributed by atoms with Crippen molar-refractivity contribution < 1.29 is 5.11 Å². The number of aliphatic hydroxyl groups excluding tert-OH is 1. The second kappa shape index (κ2) is 6.26. The molecule has 3 nitrogen and oxygen atoms in total. The smallest absolute Gasteiger partial charge is 0.0667 e. The summed E-state index contributed by atoms with van der Waals surface area (Å²) in [4.78, 5) is 2.29. The number of nitrogens with zero attached hydrogens (tertiary/aromatic N) is 1. The van der Waals surface area contributed by atoms with E-state index >= 15 is 0 Å². The molecule has 1 heterocycles. The molecule has 1 aliphatic rings. The van der Waals surface area contributed by atoms with Crippen LogP contribution in [0.4, 0.5) is 0 Å². The molecule has 1 atom stereocenters. The largest absolute Gasteiger partial charge is 0.392 e. The molecule has 0 amide bonds. The van der Waals surface area contributed by atoms with Crippen LogP contribution < -0.4 is 5.32 Å². The van der Waals surface area contributed by atoms with Crippen molar-refractivity contribution in [3.63, 3.8) is 0 Å². The number of hydrogen-bond acceptors (Lipinski definition) is 3. The van der Waals surface area contributed by atoms with Crippen molar-refractivity contribution in [2.24, 2.45) is 0 Å². The molecule has 1 saturated heterocycles. The van der Waals surface area contributed by atoms with E-state index in [-0.39, 0.29) is 6.10 Å². The van der Waals surface area contributed by atoms with E-state index in [0.717, 1.165) is 39.0 Å². The van der Waals surface area contributed by atoms with Crippen molar-refractivity contribution in [1.82, 2.24) is 10.2 Å². The summed E-state index contributed by atoms with van der Waals surface area (Å²) in [5.41, 5.74) is 1.21. The van der Waals surface area contributed by atoms with Gasteiger partial charge in [0.2, 0.25) is 0 Å². The minimum Gasteiger partial charge on any atom is -0.392 e. The SMILES string of the molecule is C=C(CNC(C)C)CN1CCCC(O)C1. The Morgan fingerprint density at radius 3 is 2.93 bits per heavy atom. The molecule has 88 valence electrons. The lowest BCUT2D eigenvalue weighted by Crippen LogP contribution is -2.40. The van der Waals surface area contributed by atoms with Crippen molar-refractivity contribution >= 4 is 0 Å². The van der Waals surface area contributed by atoms with Crippen LogP contribution in [0.3, 0.4) is 0 Å². The lowest BCUT2D eigenvalue weighted by Gasteiger charge is -2.30. The number of likely N-dealkylation sites (tertiary alicyclic amines) is 1. The molecule has 2 N–H and O–H groups in total. The molecule has 1 rings (SSSR count). The highest BCUT2D eigenvalue weighted by Crippen LogP contribution is 2.10. The Labute approximate surface area is 93.2 Å². The third kappa shape index (κ3) is 5.30. The van der Waals surface area contributed by atoms with Gasteiger partial charge in [0.05, 0.1) is 6.10 Å². The monoisotopic (exact) mass is 212 g/mol. The first-order valence-corrected chi connectivity index (χ1v) is 5.88. The second-order valence-corrected chi connectivity index (χ2v) is 4.82. The molecule has 1 fully saturated rings. The predicted molar refractivity (Wildman–Crippen MR) is 64.0 cm³/mol. The third-order valence-electron chi connectivity index (χ3n) is 2.69. The second-order valence-electron chi connectivity index (χ2n) is 4.82. The number of nitrogens with one attached hydrogen (secondary N) is 1. The number of piperidine rings is 1. The van der Waals surface area contributed by atoms with Crippen LogP contribution in [-0.4, -0.2) is 48.3 Å². The maximum absolute atomic E-state index is 9.52. The third-order valence-corrected chi connectivity index (χ3v) is 2.69. The van der Waals surface area contributed by atoms with E-state index in [1.807, 2.05) is 0 Å². The van der Waals surface area contributed by atoms with E-state index in [4.69, 9.17) is 0 Å². The molecular formula is C12H24N2O. The Bertz CT molecular complexity index is 204. The fraction of sp³-hybridized carbons (Fsp3) is 0.833. The van der Waals surface area contributed by atoms with E-state index in [1.54, 1.807) is 0 Å². The Hall–Kier alpha value is -0.380. The lowest BCUT2D eigenvalue weighted by atomic mass is 10.1. The van der Waals surface area contributed by atoms with Gasteiger partial charge in [-0.05, 0) is 25.0 Å². The van der Waals surface area contributed by atoms with E-state index in [1.165, 1.54) is 5.57 Å². The zero-order chi connectivity index (χ0) is 11.3. The zero-order valence-corrected chi connectivity index (χ0v) is 10.00. The van der Waals surface area contributed by atoms with E-state index in [2.05, 4.69) is 30.6 Å². The van der Waals surface area contributed by atoms with Gasteiger partial charge < -0.3 is 10.4 Å². The zero-order valence-electron chi connectivity index (χ0n) is 10.00. The average molecular weight is 212 g/mol. The van der Waals surface area contributed by atoms with Crippen LogP contribution in [-0.2, 0) is 0 Å². The molecule has 0 aliphatic carbocycles. The van der Waals surface area contributed by atoms with Gasteiger partial charge in [0.1, 0.15) is 0 Å². The number of rotatable bonds is 5. The number of hydrogen-bond donors (Lipinski definition) is 2. The van der Waals surface area contributed by atoms with Gasteiger partial charge in [-0.1, -0.05) is 20.4 Å². The standard InChI is InChI=1S/C12H24N2O/c1-10(2)13-7-11(3)8-14-6-4-5-12(15)9-14/h10,12-13,15H,3-9H2,1-2H3. The predicted octanol–water partition coefficient (Wildman–Crippen LogP) is 0.997. The highest BCUT2D eigenvalue weighted by molar-refractivity contribution is 5.00. The number of β-amino-alcohol motifs (C(OH)–C–C–N with tert-alkyl or cyclic N) is 1. The first-order chi connectivity index (χ1) is 7.08. The molecule has 1 unspecified atom stereocenters. The molecule has 0 saturated carbocycles. The Balaban J connectivity index is 2.19. The Morgan fingerprint density at radius 1 is 1.60 bits per heavy atom. The van der Waals surface area contributed by atoms with Gasteiger partial charge in [0.15, 0.2) is 0 Å². The fourth-order valence-electron chi connectivity index (χ4n) is 1.90. The van der Waals surface area contributed by atoms with Crippen LogP contribution >= 0.6 is 0 Å². The summed E-state index contributed by atoms with van der Waals surface area (Å²) < 4.78 is 0. The topological polar surface area (TPSA) is 35.5 Å². The van der Waals surface area contributed by atoms with Crippen LogP contribution in [0.2, 0.25) is 0 Å². The Kier molecular flexibility index (Phi) is 5.29. The normalized spacial score (nSPS) is 23.3. The van der Waals surface area contributed by atoms with Crippen LogP contribution in [0.15, 0.2) is 12.2 Å². The average Bonchev–Trinajstić information content (AvgIpc) is 2.15. The van der Waals surface area contributed by atoms with Crippen LogP contribution in [0.5, 0.6) is 0 Å². The van der Waals surface area contributed by atoms with Gasteiger partial charge in [-0.2, -0.15) is 0 Å². The molecule has 0 aromatic carbocycles. The highest BCUT2D eigenvalue weighted by Gasteiger charge is 2.17. The highest BCUT2D eigenvalue weighted by atomic mass is 16.3. The molecule has 0 radical (unpaired) electrons. The minimum absolute atomic E-state index is 0.135. The molecule has 0 bridgehead atoms. The van der Waals surface area contributed by atoms with Gasteiger partial charge in [-0.15, -0.1) is 0 Å². The summed E-state index contributed by atoms with van der Waals surface area (Å²) in [5, 5.41) is 12.9. The maximum Gasteiger partial charge on any atom is 0.0667 e. The summed E-state index contributed by atoms with van der Waals surface area (Å²) in [6.07, 6.45) is 1.92. The maximum atomic E-state index is 9.52. The van der Waals surface area contributed by atoms with Crippen molar-refractivity contribution in [3.05, 3.63) is 12.2 Å². The molecule has 15 heavy (non-hydrogen) atoms. The van der Waals surface area contributed by atoms with Gasteiger partial charge in [0, 0.05) is 25.7 Å². The Morgan fingerprint density at radius 2 is 2.33 bits per heavy atom. The summed E-state index contributed by atoms with van der Waals surface area (Å²) in [6.45, 7) is 12.0. The lowest BCUT2D eigenvalue weighted by molar-refractivity contribution is 0.0755. The van der Waals surface area contributed by atoms with Gasteiger partial charge in [0.25, 0.3) is 0 Å². The van der Waals surface area contributed by atoms with Gasteiger partial charge in [-0.3, -0.25) is 4.90 Å². The van der Waals surface area contributed by atoms with Gasteiger partial charge in [-0.25, -0.2) is 0 Å². The first kappa shape index (κ1) is 12.7. The van der Waals surface area contributed by atoms with E-state index in [9.17, 15) is 5.11 Å². The molecule has 3 heteroatoms. The molecule has 1 aliphatic heterocycles. The van der Waals surface area contributed by atoms with E-state index < -0.39 is 0 Å². The fourth-order valence-corrected chi connectivity index (χ4v) is 1.90. The van der Waals surface area contributed by atoms with Crippen LogP contribution in [0.25, 0.3) is 0 Å². The van der Waals surface area contributed by atoms with Gasteiger partial charge >= 0.3 is 0 Å². The molecule has 0 aromatic rings. The quantitative estimate of drug-likeness (QED) is 0.667. The summed E-state index contributed by atoms with van der Waals surface area (Å²) in [7, 11) is 0. The molecule has 0 spiro atoms. The molecular weight excluding hydrogens is 188 g/mol. The first-order valence-electron chi connectivity index (χ1n) is 5.88. The van der Waals surface area contributed by atoms with Crippen molar-refractivity contribution in [3.8, 4) is 0 Å².